The Morgan fingerprint density at radius 2 is 2.26 bits per heavy atom. The van der Waals surface area contributed by atoms with E-state index in [2.05, 4.69) is 29.1 Å². The molecule has 2 rings (SSSR count). The second kappa shape index (κ2) is 6.07. The number of hydrogen-bond donors (Lipinski definition) is 1. The molecule has 2 aromatic heterocycles. The molecule has 0 aliphatic heterocycles. The summed E-state index contributed by atoms with van der Waals surface area (Å²) in [6.45, 7) is 4.86. The van der Waals surface area contributed by atoms with Gasteiger partial charge in [0.25, 0.3) is 0 Å². The van der Waals surface area contributed by atoms with Crippen molar-refractivity contribution < 1.29 is 4.92 Å². The van der Waals surface area contributed by atoms with Crippen LogP contribution in [-0.4, -0.2) is 21.4 Å². The molecule has 102 valence electrons. The summed E-state index contributed by atoms with van der Waals surface area (Å²) in [6, 6.07) is 0. The smallest absolute Gasteiger partial charge is 0.345 e. The number of nitrogens with zero attached hydrogens (tertiary/aromatic N) is 3. The molecule has 0 amide bonds. The number of anilines is 1. The summed E-state index contributed by atoms with van der Waals surface area (Å²) in [7, 11) is 0. The van der Waals surface area contributed by atoms with Gasteiger partial charge >= 0.3 is 5.00 Å². The van der Waals surface area contributed by atoms with Crippen LogP contribution in [0.5, 0.6) is 0 Å². The molecule has 8 heteroatoms. The van der Waals surface area contributed by atoms with E-state index in [1.54, 1.807) is 11.3 Å². The first-order chi connectivity index (χ1) is 9.10. The summed E-state index contributed by atoms with van der Waals surface area (Å²) < 4.78 is 0. The molecule has 6 nitrogen and oxygen atoms in total. The van der Waals surface area contributed by atoms with Gasteiger partial charge in [-0.2, -0.15) is 0 Å². The van der Waals surface area contributed by atoms with E-state index in [1.165, 1.54) is 11.1 Å². The minimum absolute atomic E-state index is 0.0564. The van der Waals surface area contributed by atoms with E-state index in [0.29, 0.717) is 11.7 Å². The SMILES string of the molecule is CCc1nc(CCNc2ncc([N+](=O)[O-])s2)sc1C. The first kappa shape index (κ1) is 13.9. The molecule has 0 atom stereocenters. The topological polar surface area (TPSA) is 81.0 Å². The fourth-order valence-electron chi connectivity index (χ4n) is 1.63. The van der Waals surface area contributed by atoms with Crippen LogP contribution in [0.15, 0.2) is 6.20 Å². The standard InChI is InChI=1S/C11H14N4O2S2/c1-3-8-7(2)18-9(14-8)4-5-12-11-13-6-10(19-11)15(16)17/h6H,3-5H2,1-2H3,(H,12,13). The number of nitro groups is 1. The van der Waals surface area contributed by atoms with Gasteiger partial charge in [-0.3, -0.25) is 10.1 Å². The van der Waals surface area contributed by atoms with Crippen LogP contribution in [0.25, 0.3) is 0 Å². The molecule has 0 spiro atoms. The van der Waals surface area contributed by atoms with Crippen molar-refractivity contribution >= 4 is 32.8 Å². The lowest BCUT2D eigenvalue weighted by atomic mass is 10.3. The van der Waals surface area contributed by atoms with Gasteiger partial charge in [-0.05, 0) is 24.7 Å². The number of rotatable bonds is 6. The summed E-state index contributed by atoms with van der Waals surface area (Å²) in [5.41, 5.74) is 1.16. The van der Waals surface area contributed by atoms with Crippen molar-refractivity contribution in [3.05, 3.63) is 31.9 Å². The molecular formula is C11H14N4O2S2. The molecule has 0 saturated carbocycles. The van der Waals surface area contributed by atoms with E-state index in [0.717, 1.165) is 34.9 Å². The molecule has 0 radical (unpaired) electrons. The molecule has 0 aromatic carbocycles. The highest BCUT2D eigenvalue weighted by Crippen LogP contribution is 2.25. The lowest BCUT2D eigenvalue weighted by molar-refractivity contribution is -0.380. The molecule has 0 saturated heterocycles. The predicted octanol–water partition coefficient (Wildman–Crippen LogP) is 3.03. The van der Waals surface area contributed by atoms with E-state index in [-0.39, 0.29) is 5.00 Å². The average Bonchev–Trinajstić information content (AvgIpc) is 2.96. The third kappa shape index (κ3) is 3.48. The van der Waals surface area contributed by atoms with Crippen LogP contribution in [0.3, 0.4) is 0 Å². The van der Waals surface area contributed by atoms with E-state index in [4.69, 9.17) is 0 Å². The lowest BCUT2D eigenvalue weighted by Crippen LogP contribution is -2.04. The number of nitrogens with one attached hydrogen (secondary N) is 1. The van der Waals surface area contributed by atoms with Gasteiger partial charge in [-0.15, -0.1) is 11.3 Å². The maximum atomic E-state index is 10.5. The quantitative estimate of drug-likeness (QED) is 0.655. The second-order valence-electron chi connectivity index (χ2n) is 3.90. The fraction of sp³-hybridized carbons (Fsp3) is 0.455. The average molecular weight is 298 g/mol. The largest absolute Gasteiger partial charge is 0.361 e. The van der Waals surface area contributed by atoms with Crippen molar-refractivity contribution in [3.63, 3.8) is 0 Å². The van der Waals surface area contributed by atoms with Gasteiger partial charge in [0, 0.05) is 17.8 Å². The molecular weight excluding hydrogens is 284 g/mol. The minimum Gasteiger partial charge on any atom is -0.361 e. The number of aryl methyl sites for hydroxylation is 2. The molecule has 2 heterocycles. The molecule has 0 fully saturated rings. The zero-order valence-corrected chi connectivity index (χ0v) is 12.3. The van der Waals surface area contributed by atoms with Gasteiger partial charge in [-0.1, -0.05) is 6.92 Å². The maximum Gasteiger partial charge on any atom is 0.345 e. The van der Waals surface area contributed by atoms with Crippen LogP contribution in [0.2, 0.25) is 0 Å². The lowest BCUT2D eigenvalue weighted by Gasteiger charge is -1.98. The van der Waals surface area contributed by atoms with E-state index in [1.807, 2.05) is 0 Å². The molecule has 2 aromatic rings. The van der Waals surface area contributed by atoms with E-state index in [9.17, 15) is 10.1 Å². The Morgan fingerprint density at radius 3 is 2.84 bits per heavy atom. The molecule has 0 bridgehead atoms. The van der Waals surface area contributed by atoms with Crippen LogP contribution in [-0.2, 0) is 12.8 Å². The Morgan fingerprint density at radius 1 is 1.47 bits per heavy atom. The normalized spacial score (nSPS) is 10.6. The highest BCUT2D eigenvalue weighted by atomic mass is 32.1. The molecule has 19 heavy (non-hydrogen) atoms. The number of hydrogen-bond acceptors (Lipinski definition) is 7. The van der Waals surface area contributed by atoms with Crippen molar-refractivity contribution in [2.75, 3.05) is 11.9 Å². The summed E-state index contributed by atoms with van der Waals surface area (Å²) in [5, 5.41) is 15.3. The van der Waals surface area contributed by atoms with Crippen molar-refractivity contribution in [2.24, 2.45) is 0 Å². The Bertz CT molecular complexity index is 579. The van der Waals surface area contributed by atoms with Crippen molar-refractivity contribution in [1.82, 2.24) is 9.97 Å². The van der Waals surface area contributed by atoms with Gasteiger partial charge < -0.3 is 5.32 Å². The van der Waals surface area contributed by atoms with E-state index >= 15 is 0 Å². The third-order valence-electron chi connectivity index (χ3n) is 2.56. The highest BCUT2D eigenvalue weighted by Gasteiger charge is 2.11. The molecule has 0 unspecified atom stereocenters. The van der Waals surface area contributed by atoms with Crippen LogP contribution in [0, 0.1) is 17.0 Å². The molecule has 0 aliphatic carbocycles. The Balaban J connectivity index is 1.86. The molecule has 0 aliphatic rings. The van der Waals surface area contributed by atoms with E-state index < -0.39 is 4.92 Å². The van der Waals surface area contributed by atoms with Gasteiger partial charge in [0.15, 0.2) is 5.13 Å². The highest BCUT2D eigenvalue weighted by molar-refractivity contribution is 7.18. The number of aromatic nitrogens is 2. The summed E-state index contributed by atoms with van der Waals surface area (Å²) in [6.07, 6.45) is 3.03. The van der Waals surface area contributed by atoms with Crippen molar-refractivity contribution in [2.45, 2.75) is 26.7 Å². The predicted molar refractivity (Wildman–Crippen MR) is 77.2 cm³/mol. The zero-order valence-electron chi connectivity index (χ0n) is 10.7. The monoisotopic (exact) mass is 298 g/mol. The van der Waals surface area contributed by atoms with Crippen LogP contribution in [0.4, 0.5) is 10.1 Å². The Labute approximate surface area is 118 Å². The van der Waals surface area contributed by atoms with Crippen molar-refractivity contribution in [3.8, 4) is 0 Å². The van der Waals surface area contributed by atoms with Crippen LogP contribution in [0.1, 0.15) is 22.5 Å². The minimum atomic E-state index is -0.430. The fourth-order valence-corrected chi connectivity index (χ4v) is 3.31. The van der Waals surface area contributed by atoms with Crippen LogP contribution < -0.4 is 5.32 Å². The van der Waals surface area contributed by atoms with Gasteiger partial charge in [0.05, 0.1) is 15.6 Å². The molecule has 1 N–H and O–H groups in total. The summed E-state index contributed by atoms with van der Waals surface area (Å²) in [5.74, 6) is 0. The van der Waals surface area contributed by atoms with Gasteiger partial charge in [0.2, 0.25) is 0 Å². The summed E-state index contributed by atoms with van der Waals surface area (Å²) in [4.78, 5) is 19.9. The summed E-state index contributed by atoms with van der Waals surface area (Å²) >= 11 is 2.76. The van der Waals surface area contributed by atoms with Crippen LogP contribution >= 0.6 is 22.7 Å². The first-order valence-corrected chi connectivity index (χ1v) is 7.52. The maximum absolute atomic E-state index is 10.5. The van der Waals surface area contributed by atoms with Gasteiger partial charge in [0.1, 0.15) is 6.20 Å². The number of thiazole rings is 2. The first-order valence-electron chi connectivity index (χ1n) is 5.89. The Kier molecular flexibility index (Phi) is 4.43. The second-order valence-corrected chi connectivity index (χ2v) is 6.20. The van der Waals surface area contributed by atoms with Crippen molar-refractivity contribution in [1.29, 1.82) is 0 Å². The van der Waals surface area contributed by atoms with Gasteiger partial charge in [-0.25, -0.2) is 9.97 Å². The zero-order chi connectivity index (χ0) is 13.8. The Hall–Kier alpha value is -1.54. The third-order valence-corrected chi connectivity index (χ3v) is 4.54.